The molecule has 0 unspecified atom stereocenters. The van der Waals surface area contributed by atoms with Crippen LogP contribution in [0.3, 0.4) is 0 Å². The van der Waals surface area contributed by atoms with E-state index in [0.717, 1.165) is 22.4 Å². The predicted octanol–water partition coefficient (Wildman–Crippen LogP) is 0.945. The number of aromatic nitrogens is 3. The maximum atomic E-state index is 11.6. The molecule has 2 rings (SSSR count). The van der Waals surface area contributed by atoms with Crippen molar-refractivity contribution < 1.29 is 4.79 Å². The molecule has 2 heterocycles. The van der Waals surface area contributed by atoms with Crippen LogP contribution in [-0.4, -0.2) is 27.7 Å². The lowest BCUT2D eigenvalue weighted by Crippen LogP contribution is -2.19. The third kappa shape index (κ3) is 1.44. The number of hydrogen-bond donors (Lipinski definition) is 1. The Balaban J connectivity index is 2.75. The average molecular weight is 218 g/mol. The molecular formula is C11H14N4O. The number of carbonyl (C=O) groups excluding carboxylic acids is 1. The van der Waals surface area contributed by atoms with Crippen molar-refractivity contribution in [2.45, 2.75) is 13.8 Å². The number of hydrogen-bond acceptors (Lipinski definition) is 3. The Labute approximate surface area is 93.5 Å². The second-order valence-corrected chi connectivity index (χ2v) is 3.78. The van der Waals surface area contributed by atoms with Gasteiger partial charge in [0.15, 0.2) is 5.65 Å². The van der Waals surface area contributed by atoms with E-state index in [-0.39, 0.29) is 5.91 Å². The van der Waals surface area contributed by atoms with E-state index in [1.54, 1.807) is 11.7 Å². The average Bonchev–Trinajstić information content (AvgIpc) is 2.52. The first-order valence-corrected chi connectivity index (χ1v) is 5.07. The summed E-state index contributed by atoms with van der Waals surface area (Å²) < 4.78 is 1.73. The van der Waals surface area contributed by atoms with Crippen LogP contribution in [0.1, 0.15) is 21.7 Å². The van der Waals surface area contributed by atoms with Gasteiger partial charge in [-0.3, -0.25) is 9.48 Å². The summed E-state index contributed by atoms with van der Waals surface area (Å²) in [5.41, 5.74) is 3.01. The fourth-order valence-electron chi connectivity index (χ4n) is 1.80. The van der Waals surface area contributed by atoms with Crippen LogP contribution in [0.4, 0.5) is 0 Å². The molecule has 0 spiro atoms. The van der Waals surface area contributed by atoms with Gasteiger partial charge in [-0.05, 0) is 19.9 Å². The first-order chi connectivity index (χ1) is 7.54. The van der Waals surface area contributed by atoms with Crippen molar-refractivity contribution in [3.63, 3.8) is 0 Å². The minimum atomic E-state index is -0.116. The van der Waals surface area contributed by atoms with Gasteiger partial charge in [-0.15, -0.1) is 0 Å². The number of amides is 1. The number of carbonyl (C=O) groups is 1. The lowest BCUT2D eigenvalue weighted by atomic mass is 10.1. The summed E-state index contributed by atoms with van der Waals surface area (Å²) >= 11 is 0. The molecule has 0 aliphatic heterocycles. The van der Waals surface area contributed by atoms with Crippen LogP contribution in [0.5, 0.6) is 0 Å². The Morgan fingerprint density at radius 1 is 1.38 bits per heavy atom. The predicted molar refractivity (Wildman–Crippen MR) is 61.4 cm³/mol. The zero-order valence-corrected chi connectivity index (χ0v) is 9.83. The van der Waals surface area contributed by atoms with Crippen LogP contribution in [0, 0.1) is 13.8 Å². The smallest absolute Gasteiger partial charge is 0.252 e. The van der Waals surface area contributed by atoms with Crippen LogP contribution in [0.2, 0.25) is 0 Å². The highest BCUT2D eigenvalue weighted by molar-refractivity contribution is 5.98. The Hall–Kier alpha value is -1.91. The molecular weight excluding hydrogens is 204 g/mol. The molecule has 0 saturated heterocycles. The van der Waals surface area contributed by atoms with E-state index in [2.05, 4.69) is 15.4 Å². The summed E-state index contributed by atoms with van der Waals surface area (Å²) in [7, 11) is 3.46. The number of pyridine rings is 1. The Kier molecular flexibility index (Phi) is 2.38. The molecule has 84 valence electrons. The molecule has 2 aromatic heterocycles. The van der Waals surface area contributed by atoms with Crippen LogP contribution < -0.4 is 5.32 Å². The minimum absolute atomic E-state index is 0.116. The van der Waals surface area contributed by atoms with E-state index in [4.69, 9.17) is 0 Å². The standard InChI is InChI=1S/C11H14N4O/c1-6-9(11(16)12-3)5-8-7(2)14-15(4)10(8)13-6/h5H,1-4H3,(H,12,16). The molecule has 0 radical (unpaired) electrons. The molecule has 0 atom stereocenters. The van der Waals surface area contributed by atoms with Crippen molar-refractivity contribution in [3.8, 4) is 0 Å². The van der Waals surface area contributed by atoms with Crippen LogP contribution in [-0.2, 0) is 7.05 Å². The fourth-order valence-corrected chi connectivity index (χ4v) is 1.80. The summed E-state index contributed by atoms with van der Waals surface area (Å²) in [6.07, 6.45) is 0. The number of rotatable bonds is 1. The van der Waals surface area contributed by atoms with Gasteiger partial charge in [0.2, 0.25) is 0 Å². The second kappa shape index (κ2) is 3.59. The normalized spacial score (nSPS) is 10.8. The first kappa shape index (κ1) is 10.6. The van der Waals surface area contributed by atoms with Gasteiger partial charge in [-0.25, -0.2) is 4.98 Å². The molecule has 16 heavy (non-hydrogen) atoms. The third-order valence-electron chi connectivity index (χ3n) is 2.66. The van der Waals surface area contributed by atoms with Gasteiger partial charge < -0.3 is 5.32 Å². The van der Waals surface area contributed by atoms with Crippen molar-refractivity contribution in [1.29, 1.82) is 0 Å². The highest BCUT2D eigenvalue weighted by Gasteiger charge is 2.13. The Bertz CT molecular complexity index is 571. The molecule has 1 N–H and O–H groups in total. The zero-order chi connectivity index (χ0) is 11.9. The van der Waals surface area contributed by atoms with Crippen LogP contribution in [0.25, 0.3) is 11.0 Å². The number of aryl methyl sites for hydroxylation is 3. The molecule has 0 aliphatic carbocycles. The number of nitrogens with one attached hydrogen (secondary N) is 1. The maximum Gasteiger partial charge on any atom is 0.252 e. The summed E-state index contributed by atoms with van der Waals surface area (Å²) in [4.78, 5) is 16.0. The van der Waals surface area contributed by atoms with E-state index in [9.17, 15) is 4.79 Å². The van der Waals surface area contributed by atoms with Gasteiger partial charge in [0, 0.05) is 19.5 Å². The lowest BCUT2D eigenvalue weighted by molar-refractivity contribution is 0.0962. The zero-order valence-electron chi connectivity index (χ0n) is 9.83. The molecule has 0 aromatic carbocycles. The quantitative estimate of drug-likeness (QED) is 0.775. The van der Waals surface area contributed by atoms with Crippen molar-refractivity contribution in [2.24, 2.45) is 7.05 Å². The van der Waals surface area contributed by atoms with Gasteiger partial charge >= 0.3 is 0 Å². The van der Waals surface area contributed by atoms with Gasteiger partial charge in [0.25, 0.3) is 5.91 Å². The van der Waals surface area contributed by atoms with Crippen molar-refractivity contribution in [3.05, 3.63) is 23.0 Å². The molecule has 2 aromatic rings. The van der Waals surface area contributed by atoms with Gasteiger partial charge in [0.05, 0.1) is 17.0 Å². The topological polar surface area (TPSA) is 59.8 Å². The van der Waals surface area contributed by atoms with Gasteiger partial charge in [-0.2, -0.15) is 5.10 Å². The lowest BCUT2D eigenvalue weighted by Gasteiger charge is -2.04. The Morgan fingerprint density at radius 2 is 2.06 bits per heavy atom. The van der Waals surface area contributed by atoms with Crippen molar-refractivity contribution in [1.82, 2.24) is 20.1 Å². The molecule has 1 amide bonds. The second-order valence-electron chi connectivity index (χ2n) is 3.78. The highest BCUT2D eigenvalue weighted by Crippen LogP contribution is 2.19. The van der Waals surface area contributed by atoms with Crippen molar-refractivity contribution >= 4 is 16.9 Å². The molecule has 0 aliphatic rings. The molecule has 5 heteroatoms. The molecule has 0 fully saturated rings. The number of fused-ring (bicyclic) bond motifs is 1. The van der Waals surface area contributed by atoms with Crippen molar-refractivity contribution in [2.75, 3.05) is 7.05 Å². The summed E-state index contributed by atoms with van der Waals surface area (Å²) in [6, 6.07) is 1.85. The van der Waals surface area contributed by atoms with Crippen LogP contribution in [0.15, 0.2) is 6.07 Å². The summed E-state index contributed by atoms with van der Waals surface area (Å²) in [5, 5.41) is 7.81. The highest BCUT2D eigenvalue weighted by atomic mass is 16.1. The van der Waals surface area contributed by atoms with E-state index < -0.39 is 0 Å². The number of nitrogens with zero attached hydrogens (tertiary/aromatic N) is 3. The van der Waals surface area contributed by atoms with Crippen LogP contribution >= 0.6 is 0 Å². The molecule has 0 bridgehead atoms. The van der Waals surface area contributed by atoms with Gasteiger partial charge in [0.1, 0.15) is 0 Å². The first-order valence-electron chi connectivity index (χ1n) is 5.07. The van der Waals surface area contributed by atoms with E-state index in [0.29, 0.717) is 5.56 Å². The maximum absolute atomic E-state index is 11.6. The summed E-state index contributed by atoms with van der Waals surface area (Å²) in [5.74, 6) is -0.116. The minimum Gasteiger partial charge on any atom is -0.355 e. The summed E-state index contributed by atoms with van der Waals surface area (Å²) in [6.45, 7) is 3.74. The molecule has 0 saturated carbocycles. The van der Waals surface area contributed by atoms with E-state index in [1.807, 2.05) is 27.0 Å². The SMILES string of the molecule is CNC(=O)c1cc2c(C)nn(C)c2nc1C. The molecule has 5 nitrogen and oxygen atoms in total. The Morgan fingerprint density at radius 3 is 2.69 bits per heavy atom. The van der Waals surface area contributed by atoms with Gasteiger partial charge in [-0.1, -0.05) is 0 Å². The van der Waals surface area contributed by atoms with E-state index >= 15 is 0 Å². The largest absolute Gasteiger partial charge is 0.355 e. The van der Waals surface area contributed by atoms with E-state index in [1.165, 1.54) is 0 Å². The third-order valence-corrected chi connectivity index (χ3v) is 2.66. The fraction of sp³-hybridized carbons (Fsp3) is 0.364. The monoisotopic (exact) mass is 218 g/mol.